The molecule has 0 aliphatic carbocycles. The van der Waals surface area contributed by atoms with Gasteiger partial charge in [0.25, 0.3) is 0 Å². The van der Waals surface area contributed by atoms with Gasteiger partial charge in [0.15, 0.2) is 5.82 Å². The topological polar surface area (TPSA) is 105 Å². The van der Waals surface area contributed by atoms with Gasteiger partial charge in [0.05, 0.1) is 7.11 Å². The number of amides is 1. The Morgan fingerprint density at radius 2 is 1.41 bits per heavy atom. The van der Waals surface area contributed by atoms with E-state index in [4.69, 9.17) is 14.2 Å². The molecule has 5 rings (SSSR count). The highest BCUT2D eigenvalue weighted by Gasteiger charge is 2.19. The Hall–Kier alpha value is -5.44. The highest BCUT2D eigenvalue weighted by Crippen LogP contribution is 2.31. The van der Waals surface area contributed by atoms with Crippen LogP contribution in [0.1, 0.15) is 28.9 Å². The Morgan fingerprint density at radius 1 is 0.805 bits per heavy atom. The lowest BCUT2D eigenvalue weighted by Gasteiger charge is -2.14. The number of hydrogen-bond donors (Lipinski definition) is 1. The molecule has 1 heterocycles. The van der Waals surface area contributed by atoms with Gasteiger partial charge in [-0.1, -0.05) is 84.1 Å². The van der Waals surface area contributed by atoms with E-state index < -0.39 is 18.2 Å². The van der Waals surface area contributed by atoms with Crippen molar-refractivity contribution in [2.75, 3.05) is 12.4 Å². The van der Waals surface area contributed by atoms with Crippen LogP contribution in [-0.2, 0) is 16.5 Å². The molecule has 41 heavy (non-hydrogen) atoms. The molecule has 1 aromatic heterocycles. The third-order valence-corrected chi connectivity index (χ3v) is 6.47. The number of nitrogens with one attached hydrogen (secondary N) is 1. The van der Waals surface area contributed by atoms with Crippen molar-refractivity contribution in [1.29, 1.82) is 0 Å². The van der Waals surface area contributed by atoms with Crippen LogP contribution in [0.3, 0.4) is 0 Å². The van der Waals surface area contributed by atoms with Gasteiger partial charge in [-0.25, -0.2) is 14.3 Å². The molecule has 1 amide bonds. The molecule has 0 fully saturated rings. The highest BCUT2D eigenvalue weighted by atomic mass is 16.6. The van der Waals surface area contributed by atoms with Gasteiger partial charge in [-0.05, 0) is 47.9 Å². The van der Waals surface area contributed by atoms with Crippen molar-refractivity contribution in [1.82, 2.24) is 15.0 Å². The van der Waals surface area contributed by atoms with E-state index in [9.17, 15) is 9.59 Å². The maximum atomic E-state index is 12.6. The lowest BCUT2D eigenvalue weighted by Crippen LogP contribution is -2.18. The van der Waals surface area contributed by atoms with Crippen molar-refractivity contribution >= 4 is 17.9 Å². The lowest BCUT2D eigenvalue weighted by molar-refractivity contribution is 0.0598. The predicted molar refractivity (Wildman–Crippen MR) is 155 cm³/mol. The van der Waals surface area contributed by atoms with Gasteiger partial charge >= 0.3 is 12.1 Å². The maximum absolute atomic E-state index is 12.6. The lowest BCUT2D eigenvalue weighted by atomic mass is 10.0. The quantitative estimate of drug-likeness (QED) is 0.207. The number of carbonyl (C=O) groups excluding carboxylic acids is 2. The zero-order chi connectivity index (χ0) is 28.8. The Kier molecular flexibility index (Phi) is 8.05. The number of esters is 1. The van der Waals surface area contributed by atoms with Gasteiger partial charge < -0.3 is 14.2 Å². The fourth-order valence-corrected chi connectivity index (χ4v) is 4.27. The van der Waals surface area contributed by atoms with Crippen molar-refractivity contribution < 1.29 is 23.8 Å². The molecule has 0 spiro atoms. The molecule has 4 aromatic carbocycles. The summed E-state index contributed by atoms with van der Waals surface area (Å²) >= 11 is 0. The van der Waals surface area contributed by atoms with Gasteiger partial charge in [-0.3, -0.25) is 5.32 Å². The molecule has 0 unspecified atom stereocenters. The summed E-state index contributed by atoms with van der Waals surface area (Å²) in [6.45, 7) is 1.82. The summed E-state index contributed by atoms with van der Waals surface area (Å²) in [4.78, 5) is 24.7. The monoisotopic (exact) mass is 548 g/mol. The highest BCUT2D eigenvalue weighted by molar-refractivity contribution is 5.92. The number of nitrogens with zero attached hydrogens (tertiary/aromatic N) is 3. The maximum Gasteiger partial charge on any atom is 0.413 e. The van der Waals surface area contributed by atoms with E-state index in [-0.39, 0.29) is 0 Å². The first-order valence-corrected chi connectivity index (χ1v) is 12.9. The SMILES string of the molecule is COC(=O)c1ccccc1Oc1ccc(-c2ccc(-c3nnn(C)c3NC(=O)O[C@H](C)c3ccccc3)cc2)cc1. The van der Waals surface area contributed by atoms with Crippen LogP contribution >= 0.6 is 0 Å². The molecule has 0 saturated carbocycles. The number of para-hydroxylation sites is 1. The normalized spacial score (nSPS) is 11.4. The predicted octanol–water partition coefficient (Wildman–Crippen LogP) is 7.04. The Balaban J connectivity index is 1.27. The van der Waals surface area contributed by atoms with Gasteiger partial charge in [-0.2, -0.15) is 0 Å². The zero-order valence-electron chi connectivity index (χ0n) is 22.8. The van der Waals surface area contributed by atoms with Crippen molar-refractivity contribution in [3.8, 4) is 33.9 Å². The van der Waals surface area contributed by atoms with Gasteiger partial charge in [0.2, 0.25) is 0 Å². The van der Waals surface area contributed by atoms with Crippen LogP contribution in [0.4, 0.5) is 10.6 Å². The van der Waals surface area contributed by atoms with Crippen LogP contribution in [0, 0.1) is 0 Å². The van der Waals surface area contributed by atoms with Crippen LogP contribution in [0.15, 0.2) is 103 Å². The molecule has 206 valence electrons. The van der Waals surface area contributed by atoms with Crippen molar-refractivity contribution in [3.63, 3.8) is 0 Å². The number of aromatic nitrogens is 3. The van der Waals surface area contributed by atoms with Gasteiger partial charge in [0.1, 0.15) is 28.9 Å². The van der Waals surface area contributed by atoms with E-state index in [1.54, 1.807) is 31.3 Å². The average molecular weight is 549 g/mol. The fraction of sp³-hybridized carbons (Fsp3) is 0.125. The fourth-order valence-electron chi connectivity index (χ4n) is 4.27. The summed E-state index contributed by atoms with van der Waals surface area (Å²) in [6, 6.07) is 31.7. The second-order valence-electron chi connectivity index (χ2n) is 9.19. The first-order chi connectivity index (χ1) is 19.9. The number of rotatable bonds is 8. The molecule has 9 nitrogen and oxygen atoms in total. The smallest absolute Gasteiger partial charge is 0.413 e. The molecule has 5 aromatic rings. The van der Waals surface area contributed by atoms with Gasteiger partial charge in [-0.15, -0.1) is 5.10 Å². The van der Waals surface area contributed by atoms with Crippen molar-refractivity contribution in [3.05, 3.63) is 114 Å². The second kappa shape index (κ2) is 12.2. The van der Waals surface area contributed by atoms with E-state index >= 15 is 0 Å². The molecular weight excluding hydrogens is 520 g/mol. The van der Waals surface area contributed by atoms with E-state index in [1.807, 2.05) is 85.8 Å². The molecule has 9 heteroatoms. The van der Waals surface area contributed by atoms with Crippen LogP contribution < -0.4 is 10.1 Å². The third-order valence-electron chi connectivity index (χ3n) is 6.47. The molecule has 1 N–H and O–H groups in total. The standard InChI is InChI=1S/C32H28N4O5/c1-21(22-9-5-4-6-10-22)40-32(38)33-30-29(34-35-36(30)2)25-15-13-23(14-16-25)24-17-19-26(20-18-24)41-28-12-8-7-11-27(28)31(37)39-3/h4-21H,1-3H3,(H,33,38)/t21-/m1/s1. The molecule has 0 aliphatic heterocycles. The van der Waals surface area contributed by atoms with E-state index in [1.165, 1.54) is 11.8 Å². The molecule has 0 radical (unpaired) electrons. The van der Waals surface area contributed by atoms with E-state index in [0.29, 0.717) is 28.6 Å². The summed E-state index contributed by atoms with van der Waals surface area (Å²) < 4.78 is 17.8. The number of hydrogen-bond acceptors (Lipinski definition) is 7. The summed E-state index contributed by atoms with van der Waals surface area (Å²) in [6.07, 6.45) is -1.01. The number of anilines is 1. The largest absolute Gasteiger partial charge is 0.465 e. The van der Waals surface area contributed by atoms with E-state index in [0.717, 1.165) is 22.3 Å². The van der Waals surface area contributed by atoms with Crippen LogP contribution in [0.2, 0.25) is 0 Å². The summed E-state index contributed by atoms with van der Waals surface area (Å²) in [5, 5.41) is 11.1. The van der Waals surface area contributed by atoms with Gasteiger partial charge in [0, 0.05) is 12.6 Å². The number of carbonyl (C=O) groups is 2. The Morgan fingerprint density at radius 3 is 2.10 bits per heavy atom. The minimum Gasteiger partial charge on any atom is -0.465 e. The van der Waals surface area contributed by atoms with Crippen molar-refractivity contribution in [2.45, 2.75) is 13.0 Å². The molecule has 1 atom stereocenters. The zero-order valence-corrected chi connectivity index (χ0v) is 22.8. The van der Waals surface area contributed by atoms with E-state index in [2.05, 4.69) is 15.6 Å². The second-order valence-corrected chi connectivity index (χ2v) is 9.19. The summed E-state index contributed by atoms with van der Waals surface area (Å²) in [5.74, 6) is 0.975. The first-order valence-electron chi connectivity index (χ1n) is 12.9. The minimum atomic E-state index is -0.596. The number of benzene rings is 4. The minimum absolute atomic E-state index is 0.353. The summed E-state index contributed by atoms with van der Waals surface area (Å²) in [7, 11) is 3.04. The van der Waals surface area contributed by atoms with Crippen LogP contribution in [0.25, 0.3) is 22.4 Å². The Labute approximate surface area is 237 Å². The number of ether oxygens (including phenoxy) is 3. The van der Waals surface area contributed by atoms with Crippen molar-refractivity contribution in [2.24, 2.45) is 7.05 Å². The van der Waals surface area contributed by atoms with Crippen LogP contribution in [-0.4, -0.2) is 34.2 Å². The Bertz CT molecular complexity index is 1650. The third kappa shape index (κ3) is 6.25. The average Bonchev–Trinajstić information content (AvgIpc) is 3.37. The van der Waals surface area contributed by atoms with Crippen LogP contribution in [0.5, 0.6) is 11.5 Å². The summed E-state index contributed by atoms with van der Waals surface area (Å²) in [5.41, 5.74) is 4.51. The number of aryl methyl sites for hydroxylation is 1. The molecular formula is C32H28N4O5. The molecule has 0 saturated heterocycles. The molecule has 0 bridgehead atoms. The number of methoxy groups -OCH3 is 1. The molecule has 0 aliphatic rings. The first kappa shape index (κ1) is 27.1.